The Morgan fingerprint density at radius 3 is 2.18 bits per heavy atom. The molecule has 0 aliphatic carbocycles. The van der Waals surface area contributed by atoms with E-state index in [1.165, 1.54) is 0 Å². The van der Waals surface area contributed by atoms with Gasteiger partial charge in [0.1, 0.15) is 5.92 Å². The van der Waals surface area contributed by atoms with Crippen LogP contribution < -0.4 is 19.7 Å². The Hall–Kier alpha value is -4.17. The molecule has 198 valence electrons. The number of nitrogens with zero attached hydrogens (tertiary/aromatic N) is 3. The average Bonchev–Trinajstić information content (AvgIpc) is 3.28. The highest BCUT2D eigenvalue weighted by Crippen LogP contribution is 2.42. The number of nitrogens with one attached hydrogen (secondary N) is 1. The van der Waals surface area contributed by atoms with Crippen LogP contribution in [0.1, 0.15) is 30.9 Å². The van der Waals surface area contributed by atoms with Gasteiger partial charge in [0, 0.05) is 24.5 Å². The molecule has 4 rings (SSSR count). The summed E-state index contributed by atoms with van der Waals surface area (Å²) < 4.78 is 10.9. The van der Waals surface area contributed by atoms with E-state index in [0.717, 1.165) is 29.9 Å². The second kappa shape index (κ2) is 11.9. The summed E-state index contributed by atoms with van der Waals surface area (Å²) in [5, 5.41) is 2.97. The third-order valence-electron chi connectivity index (χ3n) is 6.84. The second-order valence-electron chi connectivity index (χ2n) is 9.01. The van der Waals surface area contributed by atoms with Gasteiger partial charge in [0.05, 0.1) is 32.2 Å². The number of hydrogen-bond acceptors (Lipinski definition) is 6. The largest absolute Gasteiger partial charge is 0.493 e. The minimum atomic E-state index is -0.634. The molecule has 0 fully saturated rings. The van der Waals surface area contributed by atoms with Crippen LogP contribution in [0, 0.1) is 0 Å². The summed E-state index contributed by atoms with van der Waals surface area (Å²) in [7, 11) is 4.91. The molecule has 1 atom stereocenters. The Kier molecular flexibility index (Phi) is 8.43. The van der Waals surface area contributed by atoms with Crippen molar-refractivity contribution in [2.45, 2.75) is 19.8 Å². The molecule has 8 nitrogen and oxygen atoms in total. The highest BCUT2D eigenvalue weighted by molar-refractivity contribution is 6.24. The summed E-state index contributed by atoms with van der Waals surface area (Å²) in [6, 6.07) is 20.7. The van der Waals surface area contributed by atoms with Gasteiger partial charge in [0.2, 0.25) is 11.8 Å². The Labute approximate surface area is 223 Å². The average molecular weight is 515 g/mol. The number of methoxy groups -OCH3 is 2. The first-order chi connectivity index (χ1) is 18.4. The quantitative estimate of drug-likeness (QED) is 0.391. The van der Waals surface area contributed by atoms with Crippen molar-refractivity contribution in [2.24, 2.45) is 4.99 Å². The van der Waals surface area contributed by atoms with Crippen molar-refractivity contribution in [3.05, 3.63) is 77.9 Å². The van der Waals surface area contributed by atoms with Gasteiger partial charge < -0.3 is 19.7 Å². The molecule has 38 heavy (non-hydrogen) atoms. The second-order valence-corrected chi connectivity index (χ2v) is 9.01. The first kappa shape index (κ1) is 26.9. The highest BCUT2D eigenvalue weighted by atomic mass is 16.5. The van der Waals surface area contributed by atoms with E-state index in [1.54, 1.807) is 32.2 Å². The number of benzene rings is 3. The van der Waals surface area contributed by atoms with Gasteiger partial charge in [-0.3, -0.25) is 19.5 Å². The molecule has 3 aromatic rings. The number of fused-ring (bicyclic) bond motifs is 1. The minimum absolute atomic E-state index is 0.0264. The molecule has 1 N–H and O–H groups in total. The first-order valence-corrected chi connectivity index (χ1v) is 12.7. The normalized spacial score (nSPS) is 14.7. The van der Waals surface area contributed by atoms with E-state index < -0.39 is 5.92 Å². The lowest BCUT2D eigenvalue weighted by Gasteiger charge is -2.23. The summed E-state index contributed by atoms with van der Waals surface area (Å²) in [5.41, 5.74) is 4.36. The molecule has 0 aromatic heterocycles. The van der Waals surface area contributed by atoms with Gasteiger partial charge in [-0.15, -0.1) is 0 Å². The van der Waals surface area contributed by atoms with Gasteiger partial charge in [0.15, 0.2) is 11.5 Å². The molecule has 0 radical (unpaired) electrons. The molecule has 2 amide bonds. The van der Waals surface area contributed by atoms with Crippen LogP contribution in [-0.2, 0) is 9.59 Å². The van der Waals surface area contributed by atoms with Crippen LogP contribution in [0.4, 0.5) is 17.1 Å². The van der Waals surface area contributed by atoms with E-state index in [1.807, 2.05) is 74.5 Å². The lowest BCUT2D eigenvalue weighted by Crippen LogP contribution is -2.38. The third kappa shape index (κ3) is 5.55. The monoisotopic (exact) mass is 514 g/mol. The molecule has 1 aliphatic heterocycles. The van der Waals surface area contributed by atoms with E-state index in [-0.39, 0.29) is 11.8 Å². The van der Waals surface area contributed by atoms with Gasteiger partial charge in [-0.05, 0) is 54.5 Å². The van der Waals surface area contributed by atoms with Crippen LogP contribution in [0.5, 0.6) is 11.5 Å². The Morgan fingerprint density at radius 2 is 1.58 bits per heavy atom. The molecule has 1 heterocycles. The molecule has 0 spiro atoms. The molecular formula is C30H34N4O4. The maximum atomic E-state index is 13.3. The SMILES string of the molecule is CCN(CC)CC(=O)N(C)c1ccc(N=C(c2ccccc2)C2C(=O)Nc3cc(OC)c(OC)cc32)cc1. The summed E-state index contributed by atoms with van der Waals surface area (Å²) in [6.45, 7) is 6.10. The molecule has 0 saturated carbocycles. The lowest BCUT2D eigenvalue weighted by atomic mass is 9.90. The molecule has 3 aromatic carbocycles. The number of amides is 2. The van der Waals surface area contributed by atoms with Gasteiger partial charge in [0.25, 0.3) is 0 Å². The molecule has 1 unspecified atom stereocenters. The number of ether oxygens (including phenoxy) is 2. The zero-order chi connectivity index (χ0) is 27.2. The van der Waals surface area contributed by atoms with Crippen LogP contribution in [0.2, 0.25) is 0 Å². The summed E-state index contributed by atoms with van der Waals surface area (Å²) in [6.07, 6.45) is 0. The predicted octanol–water partition coefficient (Wildman–Crippen LogP) is 4.87. The lowest BCUT2D eigenvalue weighted by molar-refractivity contribution is -0.119. The molecule has 0 saturated heterocycles. The number of rotatable bonds is 10. The third-order valence-corrected chi connectivity index (χ3v) is 6.84. The van der Waals surface area contributed by atoms with Crippen LogP contribution in [-0.4, -0.2) is 63.3 Å². The van der Waals surface area contributed by atoms with Crippen LogP contribution >= 0.6 is 0 Å². The summed E-state index contributed by atoms with van der Waals surface area (Å²) >= 11 is 0. The fourth-order valence-corrected chi connectivity index (χ4v) is 4.54. The van der Waals surface area contributed by atoms with E-state index in [2.05, 4.69) is 10.2 Å². The Bertz CT molecular complexity index is 1320. The van der Waals surface area contributed by atoms with Gasteiger partial charge in [-0.2, -0.15) is 0 Å². The number of anilines is 2. The van der Waals surface area contributed by atoms with Crippen molar-refractivity contribution in [1.29, 1.82) is 0 Å². The Morgan fingerprint density at radius 1 is 0.947 bits per heavy atom. The zero-order valence-electron chi connectivity index (χ0n) is 22.5. The molecule has 0 bridgehead atoms. The molecular weight excluding hydrogens is 480 g/mol. The van der Waals surface area contributed by atoms with Gasteiger partial charge in [-0.25, -0.2) is 0 Å². The number of carbonyl (C=O) groups excluding carboxylic acids is 2. The van der Waals surface area contributed by atoms with Crippen molar-refractivity contribution in [3.8, 4) is 11.5 Å². The van der Waals surface area contributed by atoms with E-state index in [9.17, 15) is 9.59 Å². The van der Waals surface area contributed by atoms with Crippen LogP contribution in [0.25, 0.3) is 0 Å². The standard InChI is InChI=1S/C30H34N4O4/c1-6-34(7-2)19-27(35)33(3)22-15-13-21(14-16-22)31-29(20-11-9-8-10-12-20)28-23-17-25(37-4)26(38-5)18-24(23)32-30(28)36/h8-18,28H,6-7,19H2,1-5H3,(H,32,36). The van der Waals surface area contributed by atoms with Crippen molar-refractivity contribution >= 4 is 34.6 Å². The van der Waals surface area contributed by atoms with Crippen LogP contribution in [0.15, 0.2) is 71.7 Å². The zero-order valence-corrected chi connectivity index (χ0v) is 22.5. The number of hydrogen-bond donors (Lipinski definition) is 1. The first-order valence-electron chi connectivity index (χ1n) is 12.7. The van der Waals surface area contributed by atoms with E-state index in [4.69, 9.17) is 14.5 Å². The number of likely N-dealkylation sites (N-methyl/N-ethyl adjacent to an activating group) is 2. The summed E-state index contributed by atoms with van der Waals surface area (Å²) in [5.74, 6) is 0.308. The van der Waals surface area contributed by atoms with E-state index >= 15 is 0 Å². The maximum absolute atomic E-state index is 13.3. The van der Waals surface area contributed by atoms with Crippen molar-refractivity contribution in [2.75, 3.05) is 51.1 Å². The summed E-state index contributed by atoms with van der Waals surface area (Å²) in [4.78, 5) is 34.7. The predicted molar refractivity (Wildman–Crippen MR) is 151 cm³/mol. The van der Waals surface area contributed by atoms with Gasteiger partial charge in [-0.1, -0.05) is 44.2 Å². The molecule has 1 aliphatic rings. The van der Waals surface area contributed by atoms with E-state index in [0.29, 0.717) is 35.1 Å². The fraction of sp³-hybridized carbons (Fsp3) is 0.300. The van der Waals surface area contributed by atoms with Gasteiger partial charge >= 0.3 is 0 Å². The van der Waals surface area contributed by atoms with Crippen molar-refractivity contribution in [1.82, 2.24) is 4.90 Å². The number of aliphatic imine (C=N–C) groups is 1. The van der Waals surface area contributed by atoms with Crippen molar-refractivity contribution in [3.63, 3.8) is 0 Å². The fourth-order valence-electron chi connectivity index (χ4n) is 4.54. The maximum Gasteiger partial charge on any atom is 0.240 e. The molecule has 8 heteroatoms. The topological polar surface area (TPSA) is 83.5 Å². The smallest absolute Gasteiger partial charge is 0.240 e. The number of carbonyl (C=O) groups is 2. The van der Waals surface area contributed by atoms with Crippen LogP contribution in [0.3, 0.4) is 0 Å². The van der Waals surface area contributed by atoms with Crippen molar-refractivity contribution < 1.29 is 19.1 Å². The minimum Gasteiger partial charge on any atom is -0.493 e. The Balaban J connectivity index is 1.70. The highest BCUT2D eigenvalue weighted by Gasteiger charge is 2.36.